The molecule has 82 valence electrons. The van der Waals surface area contributed by atoms with Gasteiger partial charge in [0.2, 0.25) is 5.91 Å². The number of anilines is 1. The van der Waals surface area contributed by atoms with E-state index in [4.69, 9.17) is 0 Å². The Morgan fingerprint density at radius 2 is 2.47 bits per heavy atom. The summed E-state index contributed by atoms with van der Waals surface area (Å²) >= 11 is 0. The van der Waals surface area contributed by atoms with Gasteiger partial charge in [-0.15, -0.1) is 0 Å². The zero-order chi connectivity index (χ0) is 10.7. The second kappa shape index (κ2) is 4.02. The van der Waals surface area contributed by atoms with E-state index in [1.165, 1.54) is 0 Å². The molecule has 1 amide bonds. The van der Waals surface area contributed by atoms with E-state index < -0.39 is 5.54 Å². The van der Waals surface area contributed by atoms with Gasteiger partial charge in [0.15, 0.2) is 0 Å². The van der Waals surface area contributed by atoms with Gasteiger partial charge in [-0.3, -0.25) is 9.89 Å². The lowest BCUT2D eigenvalue weighted by Crippen LogP contribution is -2.54. The molecule has 1 saturated heterocycles. The zero-order valence-electron chi connectivity index (χ0n) is 8.84. The van der Waals surface area contributed by atoms with E-state index in [0.29, 0.717) is 5.69 Å². The summed E-state index contributed by atoms with van der Waals surface area (Å²) in [4.78, 5) is 12.0. The van der Waals surface area contributed by atoms with Crippen LogP contribution in [-0.4, -0.2) is 28.2 Å². The molecule has 2 rings (SSSR count). The van der Waals surface area contributed by atoms with Gasteiger partial charge >= 0.3 is 0 Å². The lowest BCUT2D eigenvalue weighted by atomic mass is 9.90. The summed E-state index contributed by atoms with van der Waals surface area (Å²) in [5.74, 6) is 0.0172. The first-order chi connectivity index (χ1) is 7.21. The van der Waals surface area contributed by atoms with Crippen molar-refractivity contribution >= 4 is 11.6 Å². The molecule has 1 atom stereocenters. The van der Waals surface area contributed by atoms with Crippen molar-refractivity contribution in [2.75, 3.05) is 11.9 Å². The summed E-state index contributed by atoms with van der Waals surface area (Å²) in [7, 11) is 0. The first-order valence-electron chi connectivity index (χ1n) is 5.26. The number of piperidine rings is 1. The Balaban J connectivity index is 2.00. The average molecular weight is 208 g/mol. The molecule has 1 fully saturated rings. The van der Waals surface area contributed by atoms with Crippen LogP contribution in [-0.2, 0) is 4.79 Å². The molecule has 0 aliphatic carbocycles. The fourth-order valence-corrected chi connectivity index (χ4v) is 1.84. The number of carbonyl (C=O) groups excluding carboxylic acids is 1. The van der Waals surface area contributed by atoms with E-state index in [9.17, 15) is 4.79 Å². The molecule has 1 aliphatic heterocycles. The predicted molar refractivity (Wildman–Crippen MR) is 57.5 cm³/mol. The highest BCUT2D eigenvalue weighted by atomic mass is 16.2. The maximum absolute atomic E-state index is 12.0. The molecule has 0 saturated carbocycles. The number of rotatable bonds is 2. The van der Waals surface area contributed by atoms with Crippen molar-refractivity contribution in [1.82, 2.24) is 15.5 Å². The number of carbonyl (C=O) groups is 1. The van der Waals surface area contributed by atoms with Crippen molar-refractivity contribution in [3.63, 3.8) is 0 Å². The number of aromatic amines is 1. The van der Waals surface area contributed by atoms with Crippen molar-refractivity contribution in [3.05, 3.63) is 12.4 Å². The maximum atomic E-state index is 12.0. The Bertz CT molecular complexity index is 327. The fourth-order valence-electron chi connectivity index (χ4n) is 1.84. The number of aromatic nitrogens is 2. The fraction of sp³-hybridized carbons (Fsp3) is 0.600. The van der Waals surface area contributed by atoms with Gasteiger partial charge in [-0.2, -0.15) is 5.10 Å². The summed E-state index contributed by atoms with van der Waals surface area (Å²) in [6.45, 7) is 2.86. The van der Waals surface area contributed by atoms with Crippen LogP contribution in [0.15, 0.2) is 12.4 Å². The van der Waals surface area contributed by atoms with Crippen LogP contribution >= 0.6 is 0 Å². The van der Waals surface area contributed by atoms with Crippen LogP contribution in [0.25, 0.3) is 0 Å². The second-order valence-electron chi connectivity index (χ2n) is 4.16. The molecule has 1 aliphatic rings. The Morgan fingerprint density at radius 3 is 3.07 bits per heavy atom. The summed E-state index contributed by atoms with van der Waals surface area (Å²) < 4.78 is 0. The lowest BCUT2D eigenvalue weighted by molar-refractivity contribution is -0.122. The van der Waals surface area contributed by atoms with Crippen LogP contribution in [0.1, 0.15) is 26.2 Å². The molecule has 0 aromatic carbocycles. The standard InChI is InChI=1S/C10H16N4O/c1-10(4-2-3-5-11-10)9(15)14-8-6-12-13-7-8/h6-7,11H,2-5H2,1H3,(H,12,13)(H,14,15). The number of hydrogen-bond acceptors (Lipinski definition) is 3. The van der Waals surface area contributed by atoms with Crippen LogP contribution in [0.4, 0.5) is 5.69 Å². The molecule has 5 heteroatoms. The minimum absolute atomic E-state index is 0.0172. The number of nitrogens with zero attached hydrogens (tertiary/aromatic N) is 1. The Hall–Kier alpha value is -1.36. The number of hydrogen-bond donors (Lipinski definition) is 3. The smallest absolute Gasteiger partial charge is 0.244 e. The van der Waals surface area contributed by atoms with Crippen molar-refractivity contribution in [3.8, 4) is 0 Å². The molecule has 0 bridgehead atoms. The number of amides is 1. The van der Waals surface area contributed by atoms with Crippen molar-refractivity contribution in [2.45, 2.75) is 31.7 Å². The molecule has 0 radical (unpaired) electrons. The van der Waals surface area contributed by atoms with Crippen molar-refractivity contribution in [2.24, 2.45) is 0 Å². The number of H-pyrrole nitrogens is 1. The van der Waals surface area contributed by atoms with Crippen LogP contribution in [0.5, 0.6) is 0 Å². The normalized spacial score (nSPS) is 26.2. The molecule has 15 heavy (non-hydrogen) atoms. The monoisotopic (exact) mass is 208 g/mol. The lowest BCUT2D eigenvalue weighted by Gasteiger charge is -2.33. The number of nitrogens with one attached hydrogen (secondary N) is 3. The topological polar surface area (TPSA) is 69.8 Å². The maximum Gasteiger partial charge on any atom is 0.244 e. The minimum atomic E-state index is -0.435. The Kier molecular flexibility index (Phi) is 2.73. The van der Waals surface area contributed by atoms with E-state index in [1.807, 2.05) is 6.92 Å². The molecule has 1 unspecified atom stereocenters. The molecule has 0 spiro atoms. The van der Waals surface area contributed by atoms with Gasteiger partial charge in [-0.25, -0.2) is 0 Å². The zero-order valence-corrected chi connectivity index (χ0v) is 8.84. The van der Waals surface area contributed by atoms with E-state index in [1.54, 1.807) is 12.4 Å². The van der Waals surface area contributed by atoms with Gasteiger partial charge in [-0.1, -0.05) is 0 Å². The van der Waals surface area contributed by atoms with Crippen molar-refractivity contribution < 1.29 is 4.79 Å². The van der Waals surface area contributed by atoms with Gasteiger partial charge in [0, 0.05) is 6.20 Å². The van der Waals surface area contributed by atoms with E-state index >= 15 is 0 Å². The third-order valence-corrected chi connectivity index (χ3v) is 2.88. The van der Waals surface area contributed by atoms with Gasteiger partial charge < -0.3 is 10.6 Å². The Morgan fingerprint density at radius 1 is 1.60 bits per heavy atom. The van der Waals surface area contributed by atoms with E-state index in [2.05, 4.69) is 20.8 Å². The highest BCUT2D eigenvalue weighted by molar-refractivity contribution is 5.97. The summed E-state index contributed by atoms with van der Waals surface area (Å²) in [6, 6.07) is 0. The minimum Gasteiger partial charge on any atom is -0.322 e. The molecule has 1 aromatic rings. The summed E-state index contributed by atoms with van der Waals surface area (Å²) in [5, 5.41) is 12.6. The van der Waals surface area contributed by atoms with Gasteiger partial charge in [-0.05, 0) is 32.7 Å². The first kappa shape index (κ1) is 10.2. The predicted octanol–water partition coefficient (Wildman–Crippen LogP) is 0.880. The van der Waals surface area contributed by atoms with Crippen LogP contribution in [0, 0.1) is 0 Å². The molecule has 5 nitrogen and oxygen atoms in total. The molecule has 2 heterocycles. The average Bonchev–Trinajstić information content (AvgIpc) is 2.71. The first-order valence-corrected chi connectivity index (χ1v) is 5.26. The van der Waals surface area contributed by atoms with E-state index in [-0.39, 0.29) is 5.91 Å². The second-order valence-corrected chi connectivity index (χ2v) is 4.16. The third-order valence-electron chi connectivity index (χ3n) is 2.88. The van der Waals surface area contributed by atoms with Crippen LogP contribution in [0.2, 0.25) is 0 Å². The summed E-state index contributed by atoms with van der Waals surface area (Å²) in [6.07, 6.45) is 6.40. The molecular weight excluding hydrogens is 192 g/mol. The Labute approximate surface area is 88.6 Å². The van der Waals surface area contributed by atoms with Crippen LogP contribution < -0.4 is 10.6 Å². The van der Waals surface area contributed by atoms with Crippen LogP contribution in [0.3, 0.4) is 0 Å². The van der Waals surface area contributed by atoms with E-state index in [0.717, 1.165) is 25.8 Å². The molecule has 1 aromatic heterocycles. The SMILES string of the molecule is CC1(C(=O)Nc2cn[nH]c2)CCCCN1. The largest absolute Gasteiger partial charge is 0.322 e. The van der Waals surface area contributed by atoms with Crippen molar-refractivity contribution in [1.29, 1.82) is 0 Å². The van der Waals surface area contributed by atoms with Gasteiger partial charge in [0.05, 0.1) is 17.4 Å². The quantitative estimate of drug-likeness (QED) is 0.675. The van der Waals surface area contributed by atoms with Gasteiger partial charge in [0.1, 0.15) is 0 Å². The summed E-state index contributed by atoms with van der Waals surface area (Å²) in [5.41, 5.74) is 0.281. The van der Waals surface area contributed by atoms with Gasteiger partial charge in [0.25, 0.3) is 0 Å². The molecule has 3 N–H and O–H groups in total. The highest BCUT2D eigenvalue weighted by Crippen LogP contribution is 2.20. The third kappa shape index (κ3) is 2.18. The highest BCUT2D eigenvalue weighted by Gasteiger charge is 2.34. The molecular formula is C10H16N4O.